The van der Waals surface area contributed by atoms with Gasteiger partial charge in [-0.3, -0.25) is 0 Å². The lowest BCUT2D eigenvalue weighted by atomic mass is 10.1. The van der Waals surface area contributed by atoms with Crippen LogP contribution in [-0.4, -0.2) is 24.9 Å². The lowest BCUT2D eigenvalue weighted by molar-refractivity contribution is 0.109. The van der Waals surface area contributed by atoms with Crippen LogP contribution in [0.25, 0.3) is 0 Å². The maximum atomic E-state index is 9.45. The van der Waals surface area contributed by atoms with E-state index in [1.807, 2.05) is 12.1 Å². The van der Waals surface area contributed by atoms with Crippen LogP contribution in [0.1, 0.15) is 5.56 Å². The fourth-order valence-corrected chi connectivity index (χ4v) is 1.19. The molecule has 0 amide bonds. The molecule has 3 N–H and O–H groups in total. The minimum Gasteiger partial charge on any atom is -0.508 e. The number of methoxy groups -OCH3 is 1. The average Bonchev–Trinajstić information content (AvgIpc) is 2.17. The molecule has 0 aliphatic heterocycles. The van der Waals surface area contributed by atoms with Crippen LogP contribution in [-0.2, 0) is 11.2 Å². The lowest BCUT2D eigenvalue weighted by Gasteiger charge is -2.13. The zero-order valence-corrected chi connectivity index (χ0v) is 7.73. The maximum absolute atomic E-state index is 9.45. The van der Waals surface area contributed by atoms with Crippen molar-refractivity contribution in [1.29, 1.82) is 0 Å². The van der Waals surface area contributed by atoms with Crippen molar-refractivity contribution >= 4 is 0 Å². The molecule has 0 fully saturated rings. The van der Waals surface area contributed by atoms with Crippen molar-refractivity contribution < 1.29 is 9.84 Å². The Hall–Kier alpha value is -1.06. The van der Waals surface area contributed by atoms with Crippen LogP contribution in [0.4, 0.5) is 0 Å². The minimum atomic E-state index is -0.0201. The number of para-hydroxylation sites is 1. The van der Waals surface area contributed by atoms with Gasteiger partial charge in [0.05, 0.1) is 6.10 Å². The Morgan fingerprint density at radius 3 is 2.69 bits per heavy atom. The van der Waals surface area contributed by atoms with Crippen LogP contribution in [0.5, 0.6) is 5.75 Å². The molecule has 0 saturated carbocycles. The second kappa shape index (κ2) is 4.84. The Kier molecular flexibility index (Phi) is 3.73. The highest BCUT2D eigenvalue weighted by molar-refractivity contribution is 5.32. The summed E-state index contributed by atoms with van der Waals surface area (Å²) in [5, 5.41) is 9.45. The van der Waals surface area contributed by atoms with E-state index in [9.17, 15) is 5.11 Å². The molecule has 0 aromatic heterocycles. The van der Waals surface area contributed by atoms with Crippen LogP contribution >= 0.6 is 0 Å². The number of phenols is 1. The molecule has 0 aliphatic carbocycles. The first-order valence-electron chi connectivity index (χ1n) is 4.27. The van der Waals surface area contributed by atoms with Gasteiger partial charge in [0.25, 0.3) is 0 Å². The van der Waals surface area contributed by atoms with E-state index in [-0.39, 0.29) is 6.10 Å². The largest absolute Gasteiger partial charge is 0.508 e. The Morgan fingerprint density at radius 1 is 1.46 bits per heavy atom. The second-order valence-electron chi connectivity index (χ2n) is 2.93. The van der Waals surface area contributed by atoms with Crippen LogP contribution in [0, 0.1) is 0 Å². The highest BCUT2D eigenvalue weighted by Gasteiger charge is 2.08. The van der Waals surface area contributed by atoms with E-state index in [4.69, 9.17) is 10.5 Å². The molecule has 0 spiro atoms. The highest BCUT2D eigenvalue weighted by Crippen LogP contribution is 2.17. The number of aromatic hydroxyl groups is 1. The lowest BCUT2D eigenvalue weighted by Crippen LogP contribution is -2.24. The van der Waals surface area contributed by atoms with Crippen molar-refractivity contribution in [2.45, 2.75) is 12.5 Å². The van der Waals surface area contributed by atoms with Crippen molar-refractivity contribution in [2.75, 3.05) is 13.7 Å². The van der Waals surface area contributed by atoms with Gasteiger partial charge in [-0.25, -0.2) is 0 Å². The average molecular weight is 181 g/mol. The van der Waals surface area contributed by atoms with Gasteiger partial charge in [-0.05, 0) is 11.6 Å². The molecule has 1 atom stereocenters. The third-order valence-electron chi connectivity index (χ3n) is 2.04. The van der Waals surface area contributed by atoms with E-state index in [2.05, 4.69) is 0 Å². The number of phenolic OH excluding ortho intramolecular Hbond substituents is 1. The standard InChI is InChI=1S/C10H15NO2/c1-13-9(7-11)6-8-4-2-3-5-10(8)12/h2-5,9,12H,6-7,11H2,1H3. The topological polar surface area (TPSA) is 55.5 Å². The van der Waals surface area contributed by atoms with Crippen molar-refractivity contribution in [3.63, 3.8) is 0 Å². The van der Waals surface area contributed by atoms with Gasteiger partial charge < -0.3 is 15.6 Å². The van der Waals surface area contributed by atoms with Gasteiger partial charge in [0, 0.05) is 20.1 Å². The Balaban J connectivity index is 2.67. The first-order valence-corrected chi connectivity index (χ1v) is 4.27. The monoisotopic (exact) mass is 181 g/mol. The Morgan fingerprint density at radius 2 is 2.15 bits per heavy atom. The normalized spacial score (nSPS) is 12.8. The number of rotatable bonds is 4. The maximum Gasteiger partial charge on any atom is 0.118 e. The van der Waals surface area contributed by atoms with Gasteiger partial charge in [-0.15, -0.1) is 0 Å². The molecule has 0 heterocycles. The molecular weight excluding hydrogens is 166 g/mol. The number of nitrogens with two attached hydrogens (primary N) is 1. The predicted molar refractivity (Wildman–Crippen MR) is 51.7 cm³/mol. The molecule has 1 aromatic rings. The molecule has 13 heavy (non-hydrogen) atoms. The molecule has 3 nitrogen and oxygen atoms in total. The van der Waals surface area contributed by atoms with Gasteiger partial charge in [-0.2, -0.15) is 0 Å². The first kappa shape index (κ1) is 10.0. The number of hydrogen-bond donors (Lipinski definition) is 2. The van der Waals surface area contributed by atoms with Crippen LogP contribution in [0.2, 0.25) is 0 Å². The van der Waals surface area contributed by atoms with Gasteiger partial charge in [0.2, 0.25) is 0 Å². The van der Waals surface area contributed by atoms with Crippen molar-refractivity contribution in [1.82, 2.24) is 0 Å². The Labute approximate surface area is 78.1 Å². The van der Waals surface area contributed by atoms with E-state index >= 15 is 0 Å². The molecule has 1 unspecified atom stereocenters. The van der Waals surface area contributed by atoms with E-state index < -0.39 is 0 Å². The summed E-state index contributed by atoms with van der Waals surface area (Å²) >= 11 is 0. The summed E-state index contributed by atoms with van der Waals surface area (Å²) in [6.07, 6.45) is 0.632. The third kappa shape index (κ3) is 2.72. The molecule has 3 heteroatoms. The van der Waals surface area contributed by atoms with Gasteiger partial charge in [-0.1, -0.05) is 18.2 Å². The van der Waals surface area contributed by atoms with Crippen molar-refractivity contribution in [3.8, 4) is 5.75 Å². The van der Waals surface area contributed by atoms with Crippen LogP contribution < -0.4 is 5.73 Å². The highest BCUT2D eigenvalue weighted by atomic mass is 16.5. The van der Waals surface area contributed by atoms with E-state index in [1.165, 1.54) is 0 Å². The number of benzene rings is 1. The van der Waals surface area contributed by atoms with E-state index in [1.54, 1.807) is 19.2 Å². The minimum absolute atomic E-state index is 0.0201. The summed E-state index contributed by atoms with van der Waals surface area (Å²) in [7, 11) is 1.62. The summed E-state index contributed by atoms with van der Waals surface area (Å²) < 4.78 is 5.12. The molecule has 72 valence electrons. The molecule has 0 bridgehead atoms. The summed E-state index contributed by atoms with van der Waals surface area (Å²) in [6.45, 7) is 0.463. The molecule has 0 radical (unpaired) electrons. The number of hydrogen-bond acceptors (Lipinski definition) is 3. The quantitative estimate of drug-likeness (QED) is 0.725. The zero-order chi connectivity index (χ0) is 9.68. The van der Waals surface area contributed by atoms with Crippen molar-refractivity contribution in [3.05, 3.63) is 29.8 Å². The van der Waals surface area contributed by atoms with Crippen LogP contribution in [0.15, 0.2) is 24.3 Å². The van der Waals surface area contributed by atoms with Crippen LogP contribution in [0.3, 0.4) is 0 Å². The zero-order valence-electron chi connectivity index (χ0n) is 7.73. The Bertz CT molecular complexity index is 259. The first-order chi connectivity index (χ1) is 6.27. The second-order valence-corrected chi connectivity index (χ2v) is 2.93. The summed E-state index contributed by atoms with van der Waals surface area (Å²) in [5.41, 5.74) is 6.35. The van der Waals surface area contributed by atoms with E-state index in [0.717, 1.165) is 5.56 Å². The summed E-state index contributed by atoms with van der Waals surface area (Å²) in [4.78, 5) is 0. The van der Waals surface area contributed by atoms with Gasteiger partial charge in [0.1, 0.15) is 5.75 Å². The van der Waals surface area contributed by atoms with Crippen molar-refractivity contribution in [2.24, 2.45) is 5.73 Å². The number of ether oxygens (including phenoxy) is 1. The van der Waals surface area contributed by atoms with E-state index in [0.29, 0.717) is 18.7 Å². The third-order valence-corrected chi connectivity index (χ3v) is 2.04. The summed E-state index contributed by atoms with van der Waals surface area (Å²) in [6, 6.07) is 7.22. The smallest absolute Gasteiger partial charge is 0.118 e. The molecular formula is C10H15NO2. The SMILES string of the molecule is COC(CN)Cc1ccccc1O. The predicted octanol–water partition coefficient (Wildman–Crippen LogP) is 0.908. The fraction of sp³-hybridized carbons (Fsp3) is 0.400. The summed E-state index contributed by atoms with van der Waals surface area (Å²) in [5.74, 6) is 0.304. The fourth-order valence-electron chi connectivity index (χ4n) is 1.19. The molecule has 1 rings (SSSR count). The molecule has 0 saturated heterocycles. The van der Waals surface area contributed by atoms with Gasteiger partial charge in [0.15, 0.2) is 0 Å². The van der Waals surface area contributed by atoms with Gasteiger partial charge >= 0.3 is 0 Å². The molecule has 0 aliphatic rings. The molecule has 1 aromatic carbocycles.